The molecule has 0 amide bonds. The summed E-state index contributed by atoms with van der Waals surface area (Å²) in [4.78, 5) is 0. The predicted octanol–water partition coefficient (Wildman–Crippen LogP) is 5.77. The Morgan fingerprint density at radius 1 is 1.06 bits per heavy atom. The van der Waals surface area contributed by atoms with E-state index in [1.54, 1.807) is 0 Å². The zero-order valence-corrected chi connectivity index (χ0v) is 21.8. The molecule has 8 atom stereocenters. The molecule has 0 bridgehead atoms. The third-order valence-corrected chi connectivity index (χ3v) is 8.19. The molecule has 2 unspecified atom stereocenters. The van der Waals surface area contributed by atoms with Crippen LogP contribution in [0.25, 0.3) is 0 Å². The van der Waals surface area contributed by atoms with Gasteiger partial charge >= 0.3 is 0 Å². The summed E-state index contributed by atoms with van der Waals surface area (Å²) in [5.41, 5.74) is 1.40. The van der Waals surface area contributed by atoms with Gasteiger partial charge in [0.25, 0.3) is 0 Å². The number of hydrogen-bond acceptors (Lipinski definition) is 5. The highest BCUT2D eigenvalue weighted by Gasteiger charge is 2.47. The van der Waals surface area contributed by atoms with E-state index in [-0.39, 0.29) is 31.4 Å². The normalized spacial score (nSPS) is 36.1. The van der Waals surface area contributed by atoms with Crippen LogP contribution in [0.4, 0.5) is 0 Å². The molecule has 1 N–H and O–H groups in total. The molecule has 0 aromatic rings. The van der Waals surface area contributed by atoms with Crippen LogP contribution < -0.4 is 0 Å². The molecular weight excluding hydrogens is 440 g/mol. The summed E-state index contributed by atoms with van der Waals surface area (Å²) in [6, 6.07) is 0. The third-order valence-electron chi connectivity index (χ3n) is 8.19. The van der Waals surface area contributed by atoms with E-state index in [0.29, 0.717) is 23.7 Å². The molecule has 2 saturated heterocycles. The number of rotatable bonds is 9. The second-order valence-electron chi connectivity index (χ2n) is 10.8. The molecular formula is C30H46O5. The number of ether oxygens (including phenoxy) is 4. The van der Waals surface area contributed by atoms with E-state index in [1.807, 2.05) is 6.08 Å². The molecule has 4 fully saturated rings. The van der Waals surface area contributed by atoms with Gasteiger partial charge < -0.3 is 24.1 Å². The SMILES string of the molecule is CCC#CC[C@H](C)[C@@H](/C=C\[C@@H]1[C@H]2CC(=CCO)C[C@H]2C[C@H]1OC1CCCCO1)OC1CCCCO1. The van der Waals surface area contributed by atoms with Crippen LogP contribution in [0, 0.1) is 35.5 Å². The molecule has 5 nitrogen and oxygen atoms in total. The molecule has 0 aromatic heterocycles. The van der Waals surface area contributed by atoms with Crippen molar-refractivity contribution in [2.24, 2.45) is 23.7 Å². The molecule has 2 saturated carbocycles. The van der Waals surface area contributed by atoms with Gasteiger partial charge in [0.05, 0.1) is 18.8 Å². The van der Waals surface area contributed by atoms with Crippen LogP contribution in [0.1, 0.15) is 84.5 Å². The fourth-order valence-electron chi connectivity index (χ4n) is 6.28. The summed E-state index contributed by atoms with van der Waals surface area (Å²) in [5, 5.41) is 9.43. The van der Waals surface area contributed by atoms with Crippen molar-refractivity contribution in [1.29, 1.82) is 0 Å². The number of aliphatic hydroxyl groups excluding tert-OH is 1. The Morgan fingerprint density at radius 3 is 2.51 bits per heavy atom. The van der Waals surface area contributed by atoms with Gasteiger partial charge in [-0.2, -0.15) is 0 Å². The Labute approximate surface area is 212 Å². The van der Waals surface area contributed by atoms with Gasteiger partial charge in [-0.3, -0.25) is 0 Å². The molecule has 2 heterocycles. The fraction of sp³-hybridized carbons (Fsp3) is 0.800. The van der Waals surface area contributed by atoms with Crippen LogP contribution in [0.3, 0.4) is 0 Å². The van der Waals surface area contributed by atoms with E-state index in [4.69, 9.17) is 18.9 Å². The zero-order valence-electron chi connectivity index (χ0n) is 21.8. The Hall–Kier alpha value is -1.16. The average Bonchev–Trinajstić information content (AvgIpc) is 3.40. The standard InChI is InChI=1S/C30H46O5/c1-3-4-5-10-22(2)27(34-29-11-6-8-17-32-29)14-13-25-26-20-23(15-16-31)19-24(26)21-28(25)35-30-12-7-9-18-33-30/h13-15,22,24-31H,3,6-12,16-21H2,1-2H3/b14-13-,23-15?/t22-,24-,25+,26-,27+,28+,29?,30?/m0/s1. The van der Waals surface area contributed by atoms with Crippen molar-refractivity contribution in [1.82, 2.24) is 0 Å². The lowest BCUT2D eigenvalue weighted by Gasteiger charge is -2.31. The van der Waals surface area contributed by atoms with Crippen molar-refractivity contribution >= 4 is 0 Å². The molecule has 0 spiro atoms. The highest BCUT2D eigenvalue weighted by Crippen LogP contribution is 2.51. The quantitative estimate of drug-likeness (QED) is 0.331. The van der Waals surface area contributed by atoms with Crippen molar-refractivity contribution in [2.45, 2.75) is 109 Å². The van der Waals surface area contributed by atoms with Crippen LogP contribution >= 0.6 is 0 Å². The Bertz CT molecular complexity index is 752. The Kier molecular flexibility index (Phi) is 10.7. The van der Waals surface area contributed by atoms with Gasteiger partial charge in [-0.05, 0) is 75.5 Å². The number of allylic oxidation sites excluding steroid dienone is 1. The van der Waals surface area contributed by atoms with Gasteiger partial charge in [-0.15, -0.1) is 11.8 Å². The molecule has 4 rings (SSSR count). The number of fused-ring (bicyclic) bond motifs is 1. The van der Waals surface area contributed by atoms with Gasteiger partial charge in [0.1, 0.15) is 0 Å². The molecule has 196 valence electrons. The lowest BCUT2D eigenvalue weighted by atomic mass is 9.89. The van der Waals surface area contributed by atoms with E-state index in [0.717, 1.165) is 77.4 Å². The predicted molar refractivity (Wildman–Crippen MR) is 137 cm³/mol. The van der Waals surface area contributed by atoms with Crippen LogP contribution in [0.5, 0.6) is 0 Å². The van der Waals surface area contributed by atoms with Crippen molar-refractivity contribution in [2.75, 3.05) is 19.8 Å². The topological polar surface area (TPSA) is 57.2 Å². The van der Waals surface area contributed by atoms with Gasteiger partial charge in [-0.25, -0.2) is 0 Å². The van der Waals surface area contributed by atoms with E-state index in [2.05, 4.69) is 37.8 Å². The number of hydrogen-bond donors (Lipinski definition) is 1. The highest BCUT2D eigenvalue weighted by atomic mass is 16.7. The molecule has 35 heavy (non-hydrogen) atoms. The minimum Gasteiger partial charge on any atom is -0.392 e. The first-order chi connectivity index (χ1) is 17.2. The van der Waals surface area contributed by atoms with Gasteiger partial charge in [0, 0.05) is 32.0 Å². The first-order valence-electron chi connectivity index (χ1n) is 14.1. The van der Waals surface area contributed by atoms with E-state index in [9.17, 15) is 5.11 Å². The molecule has 4 aliphatic rings. The summed E-state index contributed by atoms with van der Waals surface area (Å²) in [6.45, 7) is 6.06. The van der Waals surface area contributed by atoms with Gasteiger partial charge in [0.2, 0.25) is 0 Å². The first-order valence-corrected chi connectivity index (χ1v) is 14.1. The zero-order chi connectivity index (χ0) is 24.5. The average molecular weight is 487 g/mol. The minimum atomic E-state index is -0.121. The van der Waals surface area contributed by atoms with Crippen molar-refractivity contribution in [3.8, 4) is 11.8 Å². The first kappa shape index (κ1) is 26.9. The minimum absolute atomic E-state index is 0.0243. The molecule has 2 aliphatic carbocycles. The summed E-state index contributed by atoms with van der Waals surface area (Å²) >= 11 is 0. The molecule has 0 radical (unpaired) electrons. The largest absolute Gasteiger partial charge is 0.392 e. The molecule has 2 aliphatic heterocycles. The maximum atomic E-state index is 9.43. The second kappa shape index (κ2) is 14.0. The Morgan fingerprint density at radius 2 is 1.83 bits per heavy atom. The lowest BCUT2D eigenvalue weighted by Crippen LogP contribution is -2.32. The summed E-state index contributed by atoms with van der Waals surface area (Å²) in [7, 11) is 0. The van der Waals surface area contributed by atoms with Crippen LogP contribution in [-0.2, 0) is 18.9 Å². The smallest absolute Gasteiger partial charge is 0.158 e. The fourth-order valence-corrected chi connectivity index (χ4v) is 6.28. The molecule has 5 heteroatoms. The van der Waals surface area contributed by atoms with E-state index >= 15 is 0 Å². The van der Waals surface area contributed by atoms with Crippen molar-refractivity contribution < 1.29 is 24.1 Å². The van der Waals surface area contributed by atoms with Crippen LogP contribution in [-0.4, -0.2) is 49.7 Å². The maximum absolute atomic E-state index is 9.43. The van der Waals surface area contributed by atoms with Crippen molar-refractivity contribution in [3.63, 3.8) is 0 Å². The van der Waals surface area contributed by atoms with Gasteiger partial charge in [0.15, 0.2) is 12.6 Å². The van der Waals surface area contributed by atoms with Gasteiger partial charge in [-0.1, -0.05) is 37.6 Å². The van der Waals surface area contributed by atoms with Crippen molar-refractivity contribution in [3.05, 3.63) is 23.8 Å². The maximum Gasteiger partial charge on any atom is 0.158 e. The summed E-state index contributed by atoms with van der Waals surface area (Å²) in [5.74, 6) is 8.34. The highest BCUT2D eigenvalue weighted by molar-refractivity contribution is 5.18. The molecule has 0 aromatic carbocycles. The van der Waals surface area contributed by atoms with Crippen LogP contribution in [0.15, 0.2) is 23.8 Å². The monoisotopic (exact) mass is 486 g/mol. The van der Waals surface area contributed by atoms with Crippen LogP contribution in [0.2, 0.25) is 0 Å². The summed E-state index contributed by atoms with van der Waals surface area (Å²) < 4.78 is 25.0. The summed E-state index contributed by atoms with van der Waals surface area (Å²) in [6.07, 6.45) is 18.1. The number of aliphatic hydroxyl groups is 1. The van der Waals surface area contributed by atoms with E-state index < -0.39 is 0 Å². The lowest BCUT2D eigenvalue weighted by molar-refractivity contribution is -0.193. The van der Waals surface area contributed by atoms with E-state index in [1.165, 1.54) is 12.0 Å². The second-order valence-corrected chi connectivity index (χ2v) is 10.8. The third kappa shape index (κ3) is 7.66. The Balaban J connectivity index is 1.49.